The van der Waals surface area contributed by atoms with E-state index >= 15 is 0 Å². The van der Waals surface area contributed by atoms with Crippen LogP contribution < -0.4 is 16.0 Å². The Bertz CT molecular complexity index is 1510. The molecule has 1 aliphatic rings. The van der Waals surface area contributed by atoms with Crippen LogP contribution in [0.5, 0.6) is 0 Å². The molecule has 0 radical (unpaired) electrons. The van der Waals surface area contributed by atoms with Crippen LogP contribution in [0.1, 0.15) is 58.9 Å². The van der Waals surface area contributed by atoms with Crippen LogP contribution in [-0.4, -0.2) is 11.9 Å². The summed E-state index contributed by atoms with van der Waals surface area (Å²) < 4.78 is 11.9. The van der Waals surface area contributed by atoms with Crippen LogP contribution in [0.3, 0.4) is 0 Å². The molecule has 0 bridgehead atoms. The van der Waals surface area contributed by atoms with Gasteiger partial charge in [0.1, 0.15) is 16.9 Å². The molecule has 180 valence electrons. The molecule has 35 heavy (non-hydrogen) atoms. The number of fused-ring (bicyclic) bond motifs is 4. The quantitative estimate of drug-likeness (QED) is 0.429. The lowest BCUT2D eigenvalue weighted by atomic mass is 9.93. The molecule has 1 atom stereocenters. The van der Waals surface area contributed by atoms with Gasteiger partial charge in [0.15, 0.2) is 0 Å². The molecule has 0 saturated heterocycles. The van der Waals surface area contributed by atoms with Crippen molar-refractivity contribution in [2.45, 2.75) is 58.4 Å². The molecule has 1 amide bonds. The van der Waals surface area contributed by atoms with Gasteiger partial charge in [0, 0.05) is 40.3 Å². The first-order valence-corrected chi connectivity index (χ1v) is 11.9. The Morgan fingerprint density at radius 2 is 1.71 bits per heavy atom. The number of carbonyl (C=O) groups is 2. The largest absolute Gasteiger partial charge is 0.548 e. The monoisotopic (exact) mass is 472 g/mol. The number of carbonyl (C=O) groups excluding carboxylic acids is 2. The number of aryl methyl sites for hydroxylation is 4. The predicted octanol–water partition coefficient (Wildman–Crippen LogP) is 3.57. The van der Waals surface area contributed by atoms with Gasteiger partial charge in [-0.25, -0.2) is 4.79 Å². The zero-order valence-corrected chi connectivity index (χ0v) is 19.7. The fourth-order valence-electron chi connectivity index (χ4n) is 5.10. The highest BCUT2D eigenvalue weighted by Crippen LogP contribution is 2.38. The lowest BCUT2D eigenvalue weighted by Gasteiger charge is -2.20. The number of nitrogens with one attached hydrogen (secondary N) is 1. The zero-order chi connectivity index (χ0) is 24.7. The van der Waals surface area contributed by atoms with E-state index in [1.807, 2.05) is 19.9 Å². The van der Waals surface area contributed by atoms with E-state index < -0.39 is 23.5 Å². The lowest BCUT2D eigenvalue weighted by molar-refractivity contribution is -0.308. The smallest absolute Gasteiger partial charge is 0.339 e. The number of amides is 1. The number of rotatable bonds is 6. The Labute approximate surface area is 201 Å². The van der Waals surface area contributed by atoms with Crippen LogP contribution in [0.15, 0.2) is 50.0 Å². The molecule has 0 spiro atoms. The van der Waals surface area contributed by atoms with E-state index in [9.17, 15) is 19.5 Å². The molecule has 0 aliphatic heterocycles. The number of benzene rings is 2. The van der Waals surface area contributed by atoms with Crippen molar-refractivity contribution in [3.05, 3.63) is 80.4 Å². The van der Waals surface area contributed by atoms with E-state index in [0.717, 1.165) is 58.9 Å². The summed E-state index contributed by atoms with van der Waals surface area (Å²) >= 11 is 0. The zero-order valence-electron chi connectivity index (χ0n) is 19.7. The molecule has 5 rings (SSSR count). The summed E-state index contributed by atoms with van der Waals surface area (Å²) in [6.07, 6.45) is 4.18. The molecular formula is C28H26NO6-. The van der Waals surface area contributed by atoms with Gasteiger partial charge >= 0.3 is 5.63 Å². The van der Waals surface area contributed by atoms with E-state index in [0.29, 0.717) is 16.7 Å². The van der Waals surface area contributed by atoms with Crippen LogP contribution in [0.2, 0.25) is 0 Å². The number of carboxylic acid groups (broad SMARTS) is 1. The molecule has 0 saturated carbocycles. The van der Waals surface area contributed by atoms with E-state index in [-0.39, 0.29) is 12.8 Å². The number of carboxylic acids is 1. The highest BCUT2D eigenvalue weighted by Gasteiger charge is 2.23. The summed E-state index contributed by atoms with van der Waals surface area (Å²) in [7, 11) is 0. The Hall–Kier alpha value is -3.87. The fourth-order valence-corrected chi connectivity index (χ4v) is 5.10. The van der Waals surface area contributed by atoms with Crippen LogP contribution in [0.25, 0.3) is 21.9 Å². The van der Waals surface area contributed by atoms with Crippen molar-refractivity contribution in [1.82, 2.24) is 5.32 Å². The third-order valence-electron chi connectivity index (χ3n) is 7.00. The summed E-state index contributed by atoms with van der Waals surface area (Å²) in [5, 5.41) is 16.0. The molecule has 2 aromatic carbocycles. The van der Waals surface area contributed by atoms with Gasteiger partial charge in [0.05, 0.1) is 12.0 Å². The molecular weight excluding hydrogens is 446 g/mol. The highest BCUT2D eigenvalue weighted by molar-refractivity contribution is 6.00. The van der Waals surface area contributed by atoms with Gasteiger partial charge in [-0.2, -0.15) is 0 Å². The average molecular weight is 473 g/mol. The summed E-state index contributed by atoms with van der Waals surface area (Å²) in [4.78, 5) is 37.1. The van der Waals surface area contributed by atoms with Crippen molar-refractivity contribution in [3.63, 3.8) is 0 Å². The van der Waals surface area contributed by atoms with Gasteiger partial charge in [-0.1, -0.05) is 30.3 Å². The Kier molecular flexibility index (Phi) is 5.93. The molecule has 7 heteroatoms. The molecule has 0 unspecified atom stereocenters. The number of furan rings is 1. The number of aliphatic carboxylic acids is 1. The third kappa shape index (κ3) is 4.11. The van der Waals surface area contributed by atoms with Gasteiger partial charge in [-0.3, -0.25) is 4.79 Å². The third-order valence-corrected chi connectivity index (χ3v) is 7.00. The van der Waals surface area contributed by atoms with E-state index in [1.165, 1.54) is 5.56 Å². The van der Waals surface area contributed by atoms with Gasteiger partial charge in [0.25, 0.3) is 0 Å². The van der Waals surface area contributed by atoms with Crippen LogP contribution in [0, 0.1) is 13.8 Å². The Morgan fingerprint density at radius 1 is 1.00 bits per heavy atom. The van der Waals surface area contributed by atoms with E-state index in [2.05, 4.69) is 5.32 Å². The van der Waals surface area contributed by atoms with Crippen LogP contribution in [0.4, 0.5) is 0 Å². The van der Waals surface area contributed by atoms with Gasteiger partial charge in [0.2, 0.25) is 5.91 Å². The van der Waals surface area contributed by atoms with E-state index in [4.69, 9.17) is 8.83 Å². The molecule has 1 aliphatic carbocycles. The minimum absolute atomic E-state index is 0.0595. The second-order valence-corrected chi connectivity index (χ2v) is 9.19. The molecule has 2 aromatic heterocycles. The number of hydrogen-bond acceptors (Lipinski definition) is 6. The summed E-state index contributed by atoms with van der Waals surface area (Å²) in [6, 6.07) is 9.14. The summed E-state index contributed by atoms with van der Waals surface area (Å²) in [5.74, 6) is -0.867. The minimum Gasteiger partial charge on any atom is -0.548 e. The second-order valence-electron chi connectivity index (χ2n) is 9.19. The molecule has 7 nitrogen and oxygen atoms in total. The number of hydrogen-bond donors (Lipinski definition) is 1. The maximum atomic E-state index is 12.9. The van der Waals surface area contributed by atoms with Crippen molar-refractivity contribution >= 4 is 33.8 Å². The SMILES string of the molecule is Cc1c(CCC(=O)N[C@H](C(=O)[O-])c2ccccc2)c(=O)oc2c(C)c3oc4c(c3cc12)CCCC4. The second kappa shape index (κ2) is 9.06. The summed E-state index contributed by atoms with van der Waals surface area (Å²) in [5.41, 5.74) is 4.40. The van der Waals surface area contributed by atoms with Gasteiger partial charge in [-0.15, -0.1) is 0 Å². The summed E-state index contributed by atoms with van der Waals surface area (Å²) in [6.45, 7) is 3.76. The Balaban J connectivity index is 1.44. The van der Waals surface area contributed by atoms with Gasteiger partial charge < -0.3 is 24.1 Å². The van der Waals surface area contributed by atoms with Crippen LogP contribution >= 0.6 is 0 Å². The first-order chi connectivity index (χ1) is 16.8. The molecule has 2 heterocycles. The predicted molar refractivity (Wildman–Crippen MR) is 129 cm³/mol. The average Bonchev–Trinajstić information content (AvgIpc) is 3.23. The molecule has 1 N–H and O–H groups in total. The topological polar surface area (TPSA) is 113 Å². The lowest BCUT2D eigenvalue weighted by Crippen LogP contribution is -2.41. The minimum atomic E-state index is -1.39. The highest BCUT2D eigenvalue weighted by atomic mass is 16.4. The standard InChI is InChI=1S/C28H27NO6/c1-15-18(12-13-23(30)29-24(27(31)32)17-8-4-3-5-9-17)28(33)35-25-16(2)26-21(14-20(15)25)19-10-6-7-11-22(19)34-26/h3-5,8-9,14,24H,6-7,10-13H2,1-2H3,(H,29,30)(H,31,32)/p-1/t24-/m0/s1. The van der Waals surface area contributed by atoms with Crippen molar-refractivity contribution in [1.29, 1.82) is 0 Å². The van der Waals surface area contributed by atoms with E-state index in [1.54, 1.807) is 30.3 Å². The first-order valence-electron chi connectivity index (χ1n) is 11.9. The maximum Gasteiger partial charge on any atom is 0.339 e. The molecule has 0 fully saturated rings. The van der Waals surface area contributed by atoms with Crippen molar-refractivity contribution in [3.8, 4) is 0 Å². The maximum absolute atomic E-state index is 12.9. The Morgan fingerprint density at radius 3 is 2.46 bits per heavy atom. The van der Waals surface area contributed by atoms with Gasteiger partial charge in [-0.05, 0) is 56.7 Å². The normalized spacial score (nSPS) is 14.1. The van der Waals surface area contributed by atoms with Crippen molar-refractivity contribution in [2.75, 3.05) is 0 Å². The first kappa shape index (κ1) is 22.9. The van der Waals surface area contributed by atoms with Crippen molar-refractivity contribution in [2.24, 2.45) is 0 Å². The van der Waals surface area contributed by atoms with Crippen molar-refractivity contribution < 1.29 is 23.5 Å². The van der Waals surface area contributed by atoms with Crippen LogP contribution in [-0.2, 0) is 28.9 Å². The fraction of sp³-hybridized carbons (Fsp3) is 0.321. The molecule has 4 aromatic rings.